The van der Waals surface area contributed by atoms with E-state index in [-0.39, 0.29) is 0 Å². The second kappa shape index (κ2) is 8.89. The van der Waals surface area contributed by atoms with Crippen LogP contribution in [0.2, 0.25) is 0 Å². The fourth-order valence-electron chi connectivity index (χ4n) is 6.89. The van der Waals surface area contributed by atoms with Crippen molar-refractivity contribution < 1.29 is 0 Å². The van der Waals surface area contributed by atoms with Crippen molar-refractivity contribution in [2.75, 3.05) is 0 Å². The third kappa shape index (κ3) is 3.59. The van der Waals surface area contributed by atoms with E-state index >= 15 is 0 Å². The molecule has 0 spiro atoms. The van der Waals surface area contributed by atoms with Gasteiger partial charge in [-0.3, -0.25) is 0 Å². The van der Waals surface area contributed by atoms with Gasteiger partial charge in [0.05, 0.1) is 0 Å². The van der Waals surface area contributed by atoms with Gasteiger partial charge in [0, 0.05) is 37.4 Å². The van der Waals surface area contributed by atoms with Crippen LogP contribution in [0.15, 0.2) is 140 Å². The lowest BCUT2D eigenvalue weighted by molar-refractivity contribution is 0.692. The SMILES string of the molecule is C1=CC2C=Cc3cc(-c4ccc(-c5ccc6ccc7ccc8c9ccccc9sc8c7c6c5)cc4)ccc3C2C=C1. The molecular weight excluding hydrogens is 513 g/mol. The molecule has 1 heterocycles. The minimum Gasteiger partial charge on any atom is -0.135 e. The van der Waals surface area contributed by atoms with Crippen molar-refractivity contribution in [3.05, 3.63) is 151 Å². The van der Waals surface area contributed by atoms with Crippen molar-refractivity contribution in [3.8, 4) is 22.3 Å². The maximum atomic E-state index is 2.39. The van der Waals surface area contributed by atoms with E-state index in [1.54, 1.807) is 0 Å². The number of allylic oxidation sites excluding steroid dienone is 5. The van der Waals surface area contributed by atoms with E-state index in [4.69, 9.17) is 0 Å². The molecule has 192 valence electrons. The average molecular weight is 539 g/mol. The van der Waals surface area contributed by atoms with Gasteiger partial charge in [-0.25, -0.2) is 0 Å². The minimum absolute atomic E-state index is 0.453. The summed E-state index contributed by atoms with van der Waals surface area (Å²) < 4.78 is 2.73. The first-order chi connectivity index (χ1) is 20.3. The standard InChI is InChI=1S/C40H26S/c1-2-6-33-27(5-1)15-18-32-23-30(20-21-34(32)33)25-9-11-26(12-10-25)31-17-14-28-13-16-29-19-22-36-35-7-3-4-8-38(35)41-40(36)39(29)37(28)24-31/h1-24,27,33H. The summed E-state index contributed by atoms with van der Waals surface area (Å²) in [4.78, 5) is 0. The lowest BCUT2D eigenvalue weighted by atomic mass is 9.76. The third-order valence-electron chi connectivity index (χ3n) is 9.02. The molecule has 6 aromatic carbocycles. The summed E-state index contributed by atoms with van der Waals surface area (Å²) in [5, 5.41) is 7.99. The predicted octanol–water partition coefficient (Wildman–Crippen LogP) is 11.5. The molecule has 2 unspecified atom stereocenters. The van der Waals surface area contributed by atoms with Crippen molar-refractivity contribution in [1.29, 1.82) is 0 Å². The summed E-state index contributed by atoms with van der Waals surface area (Å²) in [6.45, 7) is 0. The Balaban J connectivity index is 1.12. The molecule has 7 aromatic rings. The molecule has 2 atom stereocenters. The van der Waals surface area contributed by atoms with Crippen molar-refractivity contribution in [2.24, 2.45) is 5.92 Å². The van der Waals surface area contributed by atoms with Gasteiger partial charge in [0.15, 0.2) is 0 Å². The van der Waals surface area contributed by atoms with Crippen LogP contribution in [-0.2, 0) is 0 Å². The Morgan fingerprint density at radius 2 is 1.22 bits per heavy atom. The molecule has 0 bridgehead atoms. The zero-order chi connectivity index (χ0) is 26.9. The summed E-state index contributed by atoms with van der Waals surface area (Å²) in [6.07, 6.45) is 13.6. The molecule has 0 aliphatic heterocycles. The van der Waals surface area contributed by atoms with Gasteiger partial charge in [0.2, 0.25) is 0 Å². The number of hydrogen-bond donors (Lipinski definition) is 0. The van der Waals surface area contributed by atoms with Gasteiger partial charge in [0.25, 0.3) is 0 Å². The van der Waals surface area contributed by atoms with E-state index in [1.165, 1.54) is 75.1 Å². The van der Waals surface area contributed by atoms with E-state index in [0.29, 0.717) is 11.8 Å². The van der Waals surface area contributed by atoms with Gasteiger partial charge in [0.1, 0.15) is 0 Å². The molecule has 0 saturated heterocycles. The highest BCUT2D eigenvalue weighted by Crippen LogP contribution is 2.42. The summed E-state index contributed by atoms with van der Waals surface area (Å²) in [7, 11) is 0. The van der Waals surface area contributed by atoms with Crippen LogP contribution < -0.4 is 0 Å². The molecule has 2 aliphatic carbocycles. The maximum absolute atomic E-state index is 2.39. The monoisotopic (exact) mass is 538 g/mol. The zero-order valence-electron chi connectivity index (χ0n) is 22.4. The molecule has 2 aliphatic rings. The first-order valence-electron chi connectivity index (χ1n) is 14.3. The normalized spacial score (nSPS) is 17.5. The van der Waals surface area contributed by atoms with Crippen LogP contribution in [0.5, 0.6) is 0 Å². The van der Waals surface area contributed by atoms with E-state index in [1.807, 2.05) is 11.3 Å². The van der Waals surface area contributed by atoms with Crippen LogP contribution in [0.4, 0.5) is 0 Å². The second-order valence-corrected chi connectivity index (χ2v) is 12.3. The quantitative estimate of drug-likeness (QED) is 0.192. The lowest BCUT2D eigenvalue weighted by Gasteiger charge is -2.27. The topological polar surface area (TPSA) is 0 Å². The summed E-state index contributed by atoms with van der Waals surface area (Å²) in [5.41, 5.74) is 7.79. The van der Waals surface area contributed by atoms with Crippen molar-refractivity contribution in [3.63, 3.8) is 0 Å². The molecule has 1 heteroatoms. The van der Waals surface area contributed by atoms with Crippen LogP contribution in [0, 0.1) is 5.92 Å². The fraction of sp³-hybridized carbons (Fsp3) is 0.0500. The van der Waals surface area contributed by atoms with Gasteiger partial charge in [-0.1, -0.05) is 127 Å². The molecule has 0 radical (unpaired) electrons. The highest BCUT2D eigenvalue weighted by atomic mass is 32.1. The first-order valence-corrected chi connectivity index (χ1v) is 15.2. The number of thiophene rings is 1. The molecule has 0 amide bonds. The Bertz CT molecular complexity index is 2260. The van der Waals surface area contributed by atoms with Crippen LogP contribution in [0.3, 0.4) is 0 Å². The van der Waals surface area contributed by atoms with Crippen molar-refractivity contribution in [1.82, 2.24) is 0 Å². The van der Waals surface area contributed by atoms with Crippen molar-refractivity contribution in [2.45, 2.75) is 5.92 Å². The largest absolute Gasteiger partial charge is 0.135 e. The Labute approximate surface area is 243 Å². The smallest absolute Gasteiger partial charge is 0.0440 e. The first kappa shape index (κ1) is 23.0. The number of benzene rings is 6. The Hall–Kier alpha value is -4.72. The van der Waals surface area contributed by atoms with Crippen LogP contribution >= 0.6 is 11.3 Å². The molecule has 0 nitrogen and oxygen atoms in total. The lowest BCUT2D eigenvalue weighted by Crippen LogP contribution is -2.13. The van der Waals surface area contributed by atoms with Gasteiger partial charge in [-0.2, -0.15) is 0 Å². The highest BCUT2D eigenvalue weighted by Gasteiger charge is 2.23. The fourth-order valence-corrected chi connectivity index (χ4v) is 8.16. The molecule has 0 N–H and O–H groups in total. The second-order valence-electron chi connectivity index (χ2n) is 11.3. The van der Waals surface area contributed by atoms with Crippen LogP contribution in [-0.4, -0.2) is 0 Å². The highest BCUT2D eigenvalue weighted by molar-refractivity contribution is 7.26. The average Bonchev–Trinajstić information content (AvgIpc) is 3.43. The number of hydrogen-bond acceptors (Lipinski definition) is 1. The Morgan fingerprint density at radius 3 is 2.12 bits per heavy atom. The molecule has 1 aromatic heterocycles. The van der Waals surface area contributed by atoms with Gasteiger partial charge < -0.3 is 0 Å². The Morgan fingerprint density at radius 1 is 0.512 bits per heavy atom. The van der Waals surface area contributed by atoms with E-state index in [9.17, 15) is 0 Å². The number of fused-ring (bicyclic) bond motifs is 10. The van der Waals surface area contributed by atoms with Gasteiger partial charge in [-0.15, -0.1) is 11.3 Å². The van der Waals surface area contributed by atoms with Crippen LogP contribution in [0.25, 0.3) is 70.0 Å². The van der Waals surface area contributed by atoms with Gasteiger partial charge >= 0.3 is 0 Å². The van der Waals surface area contributed by atoms with Gasteiger partial charge in [-0.05, 0) is 67.7 Å². The Kier molecular flexibility index (Phi) is 5.00. The molecule has 0 saturated carbocycles. The maximum Gasteiger partial charge on any atom is 0.0440 e. The predicted molar refractivity (Wildman–Crippen MR) is 179 cm³/mol. The van der Waals surface area contributed by atoms with E-state index in [2.05, 4.69) is 146 Å². The summed E-state index contributed by atoms with van der Waals surface area (Å²) >= 11 is 1.91. The molecular formula is C40H26S. The molecule has 0 fully saturated rings. The minimum atomic E-state index is 0.453. The zero-order valence-corrected chi connectivity index (χ0v) is 23.2. The third-order valence-corrected chi connectivity index (χ3v) is 10.2. The number of rotatable bonds is 2. The summed E-state index contributed by atoms with van der Waals surface area (Å²) in [5.74, 6) is 0.931. The molecule has 41 heavy (non-hydrogen) atoms. The summed E-state index contributed by atoms with van der Waals surface area (Å²) in [6, 6.07) is 40.9. The van der Waals surface area contributed by atoms with Crippen molar-refractivity contribution >= 4 is 59.1 Å². The van der Waals surface area contributed by atoms with E-state index < -0.39 is 0 Å². The van der Waals surface area contributed by atoms with Crippen LogP contribution in [0.1, 0.15) is 17.0 Å². The van der Waals surface area contributed by atoms with E-state index in [0.717, 1.165) is 0 Å². The molecule has 9 rings (SSSR count).